The number of ether oxygens (including phenoxy) is 2. The first-order chi connectivity index (χ1) is 12.2. The molecule has 10 heteroatoms. The van der Waals surface area contributed by atoms with Crippen LogP contribution in [0.2, 0.25) is 5.02 Å². The molecule has 0 atom stereocenters. The molecule has 26 heavy (non-hydrogen) atoms. The van der Waals surface area contributed by atoms with Gasteiger partial charge in [-0.15, -0.1) is 0 Å². The summed E-state index contributed by atoms with van der Waals surface area (Å²) in [5.74, 6) is -0.652. The molecule has 0 bridgehead atoms. The van der Waals surface area contributed by atoms with E-state index in [1.54, 1.807) is 6.92 Å². The average molecular weight is 401 g/mol. The van der Waals surface area contributed by atoms with Crippen LogP contribution in [0.25, 0.3) is 0 Å². The van der Waals surface area contributed by atoms with Gasteiger partial charge in [-0.3, -0.25) is 9.59 Å². The Labute approximate surface area is 154 Å². The van der Waals surface area contributed by atoms with Crippen LogP contribution in [-0.2, 0) is 25.8 Å². The smallest absolute Gasteiger partial charge is 0.310 e. The number of methoxy groups -OCH3 is 1. The minimum absolute atomic E-state index is 0.0567. The van der Waals surface area contributed by atoms with Crippen molar-refractivity contribution in [3.05, 3.63) is 45.3 Å². The number of carbonyl (C=O) groups is 1. The molecule has 1 aromatic heterocycles. The van der Waals surface area contributed by atoms with Crippen LogP contribution in [-0.4, -0.2) is 33.1 Å². The molecule has 1 aromatic carbocycles. The Morgan fingerprint density at radius 3 is 2.62 bits per heavy atom. The number of hydrogen-bond donors (Lipinski definition) is 2. The number of nitrogens with two attached hydrogens (primary N) is 1. The van der Waals surface area contributed by atoms with E-state index >= 15 is 0 Å². The Balaban J connectivity index is 2.71. The highest BCUT2D eigenvalue weighted by Gasteiger charge is 2.28. The van der Waals surface area contributed by atoms with Crippen molar-refractivity contribution in [2.45, 2.75) is 23.1 Å². The Kier molecular flexibility index (Phi) is 5.94. The van der Waals surface area contributed by atoms with Crippen LogP contribution in [0.1, 0.15) is 12.5 Å². The molecule has 0 aliphatic carbocycles. The molecule has 140 valence electrons. The molecule has 8 nitrogen and oxygen atoms in total. The third-order valence-electron chi connectivity index (χ3n) is 3.53. The number of esters is 1. The summed E-state index contributed by atoms with van der Waals surface area (Å²) in [4.78, 5) is 25.3. The Morgan fingerprint density at radius 1 is 1.31 bits per heavy atom. The van der Waals surface area contributed by atoms with Gasteiger partial charge in [-0.05, 0) is 25.1 Å². The van der Waals surface area contributed by atoms with Gasteiger partial charge < -0.3 is 20.2 Å². The maximum atomic E-state index is 13.1. The molecule has 0 amide bonds. The van der Waals surface area contributed by atoms with Crippen LogP contribution in [0.4, 0.5) is 5.69 Å². The topological polar surface area (TPSA) is 129 Å². The molecule has 0 aliphatic heterocycles. The minimum Gasteiger partial charge on any atom is -0.495 e. The summed E-state index contributed by atoms with van der Waals surface area (Å²) in [5, 5.41) is 0.175. The van der Waals surface area contributed by atoms with E-state index in [4.69, 9.17) is 26.8 Å². The lowest BCUT2D eigenvalue weighted by Crippen LogP contribution is -2.21. The van der Waals surface area contributed by atoms with Crippen molar-refractivity contribution in [1.29, 1.82) is 0 Å². The largest absolute Gasteiger partial charge is 0.495 e. The quantitative estimate of drug-likeness (QED) is 0.704. The molecule has 0 saturated carbocycles. The van der Waals surface area contributed by atoms with Gasteiger partial charge in [-0.25, -0.2) is 8.42 Å². The second kappa shape index (κ2) is 7.79. The number of carbonyl (C=O) groups excluding carboxylic acids is 1. The van der Waals surface area contributed by atoms with Gasteiger partial charge in [-0.2, -0.15) is 0 Å². The summed E-state index contributed by atoms with van der Waals surface area (Å²) in [6.45, 7) is 1.71. The van der Waals surface area contributed by atoms with Crippen molar-refractivity contribution >= 4 is 33.1 Å². The van der Waals surface area contributed by atoms with Crippen LogP contribution in [0.3, 0.4) is 0 Å². The van der Waals surface area contributed by atoms with E-state index < -0.39 is 27.8 Å². The zero-order chi connectivity index (χ0) is 19.5. The summed E-state index contributed by atoms with van der Waals surface area (Å²) in [6, 6.07) is 4.08. The van der Waals surface area contributed by atoms with E-state index in [1.807, 2.05) is 0 Å². The second-order valence-electron chi connectivity index (χ2n) is 5.15. The highest BCUT2D eigenvalue weighted by molar-refractivity contribution is 7.91. The first kappa shape index (κ1) is 19.8. The number of aromatic amines is 1. The lowest BCUT2D eigenvalue weighted by atomic mass is 10.1. The van der Waals surface area contributed by atoms with Gasteiger partial charge in [0.1, 0.15) is 16.3 Å². The Hall–Kier alpha value is -2.52. The lowest BCUT2D eigenvalue weighted by molar-refractivity contribution is -0.142. The Bertz CT molecular complexity index is 1000. The molecule has 0 spiro atoms. The number of nitrogen functional groups attached to an aromatic ring is 1. The molecule has 1 heterocycles. The van der Waals surface area contributed by atoms with E-state index in [0.717, 1.165) is 6.20 Å². The van der Waals surface area contributed by atoms with E-state index in [9.17, 15) is 18.0 Å². The summed E-state index contributed by atoms with van der Waals surface area (Å²) in [6.07, 6.45) is 0.518. The molecule has 2 aromatic rings. The first-order valence-corrected chi connectivity index (χ1v) is 9.32. The fourth-order valence-corrected chi connectivity index (χ4v) is 4.22. The number of hydrogen-bond acceptors (Lipinski definition) is 7. The number of rotatable bonds is 6. The van der Waals surface area contributed by atoms with Crippen molar-refractivity contribution < 1.29 is 22.7 Å². The maximum absolute atomic E-state index is 13.1. The third-order valence-corrected chi connectivity index (χ3v) is 5.61. The number of sulfone groups is 1. The number of benzene rings is 1. The van der Waals surface area contributed by atoms with Crippen LogP contribution < -0.4 is 16.0 Å². The monoisotopic (exact) mass is 400 g/mol. The normalized spacial score (nSPS) is 11.2. The SMILES string of the molecule is CCOC(=O)Cc1c(S(=O)(=O)c2cc(Cl)ccc2OC)c[nH]c(=O)c1N. The van der Waals surface area contributed by atoms with Crippen molar-refractivity contribution in [2.24, 2.45) is 0 Å². The standard InChI is InChI=1S/C16H17ClN2O6S/c1-3-25-14(20)7-10-13(8-19-16(21)15(10)18)26(22,23)12-6-9(17)4-5-11(12)24-2/h4-6,8H,3,7,18H2,1-2H3,(H,19,21). The molecule has 2 rings (SSSR count). The molecule has 0 saturated heterocycles. The summed E-state index contributed by atoms with van der Waals surface area (Å²) in [5.41, 5.74) is 4.50. The third kappa shape index (κ3) is 3.83. The molecule has 0 radical (unpaired) electrons. The molecule has 3 N–H and O–H groups in total. The second-order valence-corrected chi connectivity index (χ2v) is 7.48. The van der Waals surface area contributed by atoms with Crippen LogP contribution in [0.5, 0.6) is 5.75 Å². The van der Waals surface area contributed by atoms with Crippen LogP contribution in [0.15, 0.2) is 39.0 Å². The molecule has 0 fully saturated rings. The van der Waals surface area contributed by atoms with Gasteiger partial charge in [0.25, 0.3) is 5.56 Å². The molecule has 0 unspecified atom stereocenters. The fourth-order valence-electron chi connectivity index (χ4n) is 2.32. The van der Waals surface area contributed by atoms with Gasteiger partial charge in [0, 0.05) is 16.8 Å². The lowest BCUT2D eigenvalue weighted by Gasteiger charge is -2.14. The maximum Gasteiger partial charge on any atom is 0.310 e. The van der Waals surface area contributed by atoms with Crippen molar-refractivity contribution in [2.75, 3.05) is 19.5 Å². The predicted molar refractivity (Wildman–Crippen MR) is 95.3 cm³/mol. The van der Waals surface area contributed by atoms with E-state index in [0.29, 0.717) is 0 Å². The number of anilines is 1. The number of aromatic nitrogens is 1. The van der Waals surface area contributed by atoms with Gasteiger partial charge >= 0.3 is 5.97 Å². The van der Waals surface area contributed by atoms with Gasteiger partial charge in [0.15, 0.2) is 0 Å². The zero-order valence-corrected chi connectivity index (χ0v) is 15.6. The first-order valence-electron chi connectivity index (χ1n) is 7.46. The number of halogens is 1. The molecular formula is C16H17ClN2O6S. The number of H-pyrrole nitrogens is 1. The molecular weight excluding hydrogens is 384 g/mol. The van der Waals surface area contributed by atoms with Gasteiger partial charge in [0.05, 0.1) is 25.0 Å². The fraction of sp³-hybridized carbons (Fsp3) is 0.250. The van der Waals surface area contributed by atoms with Crippen molar-refractivity contribution in [3.63, 3.8) is 0 Å². The summed E-state index contributed by atoms with van der Waals surface area (Å²) >= 11 is 5.91. The minimum atomic E-state index is -4.20. The predicted octanol–water partition coefficient (Wildman–Crippen LogP) is 1.56. The summed E-state index contributed by atoms with van der Waals surface area (Å²) in [7, 11) is -2.89. The van der Waals surface area contributed by atoms with Gasteiger partial charge in [-0.1, -0.05) is 11.6 Å². The van der Waals surface area contributed by atoms with E-state index in [-0.39, 0.29) is 38.4 Å². The zero-order valence-electron chi connectivity index (χ0n) is 14.0. The highest BCUT2D eigenvalue weighted by atomic mass is 35.5. The van der Waals surface area contributed by atoms with E-state index in [1.165, 1.54) is 25.3 Å². The average Bonchev–Trinajstić information content (AvgIpc) is 2.59. The van der Waals surface area contributed by atoms with E-state index in [2.05, 4.69) is 4.98 Å². The van der Waals surface area contributed by atoms with Crippen molar-refractivity contribution in [1.82, 2.24) is 4.98 Å². The summed E-state index contributed by atoms with van der Waals surface area (Å²) < 4.78 is 36.2. The van der Waals surface area contributed by atoms with Crippen LogP contribution in [0, 0.1) is 0 Å². The molecule has 0 aliphatic rings. The van der Waals surface area contributed by atoms with Crippen molar-refractivity contribution in [3.8, 4) is 5.75 Å². The highest BCUT2D eigenvalue weighted by Crippen LogP contribution is 2.33. The van der Waals surface area contributed by atoms with Gasteiger partial charge in [0.2, 0.25) is 9.84 Å². The Morgan fingerprint density at radius 2 is 2.00 bits per heavy atom. The number of pyridine rings is 1. The van der Waals surface area contributed by atoms with Crippen LogP contribution >= 0.6 is 11.6 Å². The number of nitrogens with one attached hydrogen (secondary N) is 1.